The summed E-state index contributed by atoms with van der Waals surface area (Å²) in [7, 11) is 0. The minimum absolute atomic E-state index is 0.154. The Morgan fingerprint density at radius 1 is 1.23 bits per heavy atom. The quantitative estimate of drug-likeness (QED) is 0.910. The van der Waals surface area contributed by atoms with E-state index in [0.717, 1.165) is 12.0 Å². The minimum Gasteiger partial charge on any atom is -0.480 e. The van der Waals surface area contributed by atoms with Crippen molar-refractivity contribution < 1.29 is 19.4 Å². The molecule has 5 heteroatoms. The Bertz CT molecular complexity index is 535. The maximum Gasteiger partial charge on any atom is 0.411 e. The van der Waals surface area contributed by atoms with E-state index < -0.39 is 23.7 Å². The van der Waals surface area contributed by atoms with Crippen LogP contribution in [0, 0.1) is 0 Å². The molecule has 1 heterocycles. The van der Waals surface area contributed by atoms with E-state index in [1.165, 1.54) is 4.90 Å². The maximum absolute atomic E-state index is 12.2. The summed E-state index contributed by atoms with van der Waals surface area (Å²) in [6.07, 6.45) is 0.609. The van der Waals surface area contributed by atoms with Crippen LogP contribution in [0.3, 0.4) is 0 Å². The molecule has 1 fully saturated rings. The van der Waals surface area contributed by atoms with Gasteiger partial charge in [0.05, 0.1) is 0 Å². The van der Waals surface area contributed by atoms with E-state index in [9.17, 15) is 14.7 Å². The van der Waals surface area contributed by atoms with Crippen LogP contribution in [0.15, 0.2) is 30.3 Å². The highest BCUT2D eigenvalue weighted by Crippen LogP contribution is 2.32. The Balaban J connectivity index is 2.12. The van der Waals surface area contributed by atoms with Crippen molar-refractivity contribution in [2.24, 2.45) is 0 Å². The molecule has 2 atom stereocenters. The van der Waals surface area contributed by atoms with Crippen LogP contribution in [0.2, 0.25) is 0 Å². The van der Waals surface area contributed by atoms with Gasteiger partial charge in [-0.1, -0.05) is 30.3 Å². The van der Waals surface area contributed by atoms with Gasteiger partial charge in [0.2, 0.25) is 0 Å². The minimum atomic E-state index is -0.980. The Kier molecular flexibility index (Phi) is 4.74. The second-order valence-corrected chi connectivity index (χ2v) is 6.66. The van der Waals surface area contributed by atoms with Crippen LogP contribution in [-0.4, -0.2) is 40.3 Å². The zero-order valence-corrected chi connectivity index (χ0v) is 13.3. The van der Waals surface area contributed by atoms with Crippen LogP contribution in [0.25, 0.3) is 0 Å². The van der Waals surface area contributed by atoms with Gasteiger partial charge in [0.25, 0.3) is 0 Å². The number of amides is 1. The van der Waals surface area contributed by atoms with Crippen molar-refractivity contribution in [3.05, 3.63) is 35.9 Å². The zero-order valence-electron chi connectivity index (χ0n) is 13.3. The van der Waals surface area contributed by atoms with Gasteiger partial charge in [-0.3, -0.25) is 4.90 Å². The fraction of sp³-hybridized carbons (Fsp3) is 0.529. The van der Waals surface area contributed by atoms with Gasteiger partial charge in [-0.25, -0.2) is 9.59 Å². The number of aliphatic carboxylic acids is 1. The van der Waals surface area contributed by atoms with E-state index in [2.05, 4.69) is 0 Å². The summed E-state index contributed by atoms with van der Waals surface area (Å²) in [4.78, 5) is 25.1. The first-order valence-corrected chi connectivity index (χ1v) is 7.55. The number of benzene rings is 1. The van der Waals surface area contributed by atoms with E-state index in [4.69, 9.17) is 4.74 Å². The van der Waals surface area contributed by atoms with Crippen molar-refractivity contribution in [1.82, 2.24) is 4.90 Å². The molecule has 0 saturated carbocycles. The molecule has 0 spiro atoms. The van der Waals surface area contributed by atoms with E-state index in [1.54, 1.807) is 20.8 Å². The van der Waals surface area contributed by atoms with Gasteiger partial charge in [0, 0.05) is 6.54 Å². The lowest BCUT2D eigenvalue weighted by atomic mass is 9.85. The molecule has 22 heavy (non-hydrogen) atoms. The summed E-state index contributed by atoms with van der Waals surface area (Å²) in [6.45, 7) is 5.72. The number of hydrogen-bond donors (Lipinski definition) is 1. The second kappa shape index (κ2) is 6.38. The average Bonchev–Trinajstić information content (AvgIpc) is 2.45. The van der Waals surface area contributed by atoms with Crippen LogP contribution >= 0.6 is 0 Å². The molecule has 1 aliphatic rings. The maximum atomic E-state index is 12.2. The molecule has 2 rings (SSSR count). The number of piperidine rings is 1. The predicted octanol–water partition coefficient (Wildman–Crippen LogP) is 3.25. The van der Waals surface area contributed by atoms with Crippen molar-refractivity contribution in [3.8, 4) is 0 Å². The highest BCUT2D eigenvalue weighted by atomic mass is 16.6. The largest absolute Gasteiger partial charge is 0.480 e. The monoisotopic (exact) mass is 305 g/mol. The van der Waals surface area contributed by atoms with Crippen LogP contribution in [0.5, 0.6) is 0 Å². The Hall–Kier alpha value is -2.04. The van der Waals surface area contributed by atoms with Gasteiger partial charge in [-0.05, 0) is 45.1 Å². The van der Waals surface area contributed by atoms with Gasteiger partial charge >= 0.3 is 12.1 Å². The first-order chi connectivity index (χ1) is 10.3. The third-order valence-electron chi connectivity index (χ3n) is 3.79. The number of ether oxygens (including phenoxy) is 1. The third kappa shape index (κ3) is 4.00. The summed E-state index contributed by atoms with van der Waals surface area (Å²) >= 11 is 0. The number of carbonyl (C=O) groups is 2. The van der Waals surface area contributed by atoms with Gasteiger partial charge < -0.3 is 9.84 Å². The van der Waals surface area contributed by atoms with Crippen LogP contribution < -0.4 is 0 Å². The number of hydrogen-bond acceptors (Lipinski definition) is 3. The fourth-order valence-corrected chi connectivity index (χ4v) is 2.77. The molecule has 120 valence electrons. The standard InChI is InChI=1S/C17H23NO4/c1-17(2,3)22-16(21)18-10-9-13(11-14(18)15(19)20)12-7-5-4-6-8-12/h4-8,13-14H,9-11H2,1-3H3,(H,19,20). The molecule has 1 saturated heterocycles. The molecule has 2 unspecified atom stereocenters. The first kappa shape index (κ1) is 16.3. The lowest BCUT2D eigenvalue weighted by Crippen LogP contribution is -2.51. The highest BCUT2D eigenvalue weighted by molar-refractivity contribution is 5.80. The molecule has 0 aromatic heterocycles. The normalized spacial score (nSPS) is 22.2. The van der Waals surface area contributed by atoms with Gasteiger partial charge in [-0.15, -0.1) is 0 Å². The molecule has 0 bridgehead atoms. The summed E-state index contributed by atoms with van der Waals surface area (Å²) in [5.41, 5.74) is 0.494. The van der Waals surface area contributed by atoms with Crippen molar-refractivity contribution in [3.63, 3.8) is 0 Å². The molecule has 1 N–H and O–H groups in total. The zero-order chi connectivity index (χ0) is 16.3. The number of carboxylic acid groups (broad SMARTS) is 1. The molecule has 1 aromatic carbocycles. The number of carboxylic acids is 1. The Labute approximate surface area is 130 Å². The van der Waals surface area contributed by atoms with E-state index >= 15 is 0 Å². The fourth-order valence-electron chi connectivity index (χ4n) is 2.77. The lowest BCUT2D eigenvalue weighted by Gasteiger charge is -2.38. The smallest absolute Gasteiger partial charge is 0.411 e. The van der Waals surface area contributed by atoms with Crippen LogP contribution in [0.4, 0.5) is 4.79 Å². The molecule has 0 radical (unpaired) electrons. The summed E-state index contributed by atoms with van der Waals surface area (Å²) in [6, 6.07) is 9.01. The van der Waals surface area contributed by atoms with Gasteiger partial charge in [-0.2, -0.15) is 0 Å². The first-order valence-electron chi connectivity index (χ1n) is 7.55. The van der Waals surface area contributed by atoms with Crippen molar-refractivity contribution in [1.29, 1.82) is 0 Å². The summed E-state index contributed by atoms with van der Waals surface area (Å²) in [5, 5.41) is 9.47. The third-order valence-corrected chi connectivity index (χ3v) is 3.79. The average molecular weight is 305 g/mol. The van der Waals surface area contributed by atoms with E-state index in [-0.39, 0.29) is 5.92 Å². The summed E-state index contributed by atoms with van der Waals surface area (Å²) in [5.74, 6) is -0.826. The number of carbonyl (C=O) groups excluding carboxylic acids is 1. The predicted molar refractivity (Wildman–Crippen MR) is 82.8 cm³/mol. The summed E-state index contributed by atoms with van der Waals surface area (Å²) < 4.78 is 5.32. The molecule has 5 nitrogen and oxygen atoms in total. The van der Waals surface area contributed by atoms with Gasteiger partial charge in [0.1, 0.15) is 11.6 Å². The molecule has 0 aliphatic carbocycles. The second-order valence-electron chi connectivity index (χ2n) is 6.66. The number of likely N-dealkylation sites (tertiary alicyclic amines) is 1. The van der Waals surface area contributed by atoms with Crippen molar-refractivity contribution in [2.75, 3.05) is 6.54 Å². The Morgan fingerprint density at radius 2 is 1.86 bits per heavy atom. The van der Waals surface area contributed by atoms with Crippen molar-refractivity contribution in [2.45, 2.75) is 51.2 Å². The van der Waals surface area contributed by atoms with Crippen molar-refractivity contribution >= 4 is 12.1 Å². The molecular weight excluding hydrogens is 282 g/mol. The van der Waals surface area contributed by atoms with E-state index in [0.29, 0.717) is 13.0 Å². The van der Waals surface area contributed by atoms with Gasteiger partial charge in [0.15, 0.2) is 0 Å². The SMILES string of the molecule is CC(C)(C)OC(=O)N1CCC(c2ccccc2)CC1C(=O)O. The molecule has 1 aliphatic heterocycles. The highest BCUT2D eigenvalue weighted by Gasteiger charge is 2.38. The van der Waals surface area contributed by atoms with Crippen LogP contribution in [0.1, 0.15) is 45.1 Å². The molecule has 1 aromatic rings. The number of rotatable bonds is 2. The topological polar surface area (TPSA) is 66.8 Å². The number of nitrogens with zero attached hydrogens (tertiary/aromatic N) is 1. The van der Waals surface area contributed by atoms with Crippen LogP contribution in [-0.2, 0) is 9.53 Å². The lowest BCUT2D eigenvalue weighted by molar-refractivity contribution is -0.144. The van der Waals surface area contributed by atoms with E-state index in [1.807, 2.05) is 30.3 Å². The molecular formula is C17H23NO4. The molecule has 1 amide bonds. The Morgan fingerprint density at radius 3 is 2.41 bits per heavy atom.